The molecular formula is C11H11NO3S2. The Kier molecular flexibility index (Phi) is 3.46. The molecule has 1 aromatic carbocycles. The van der Waals surface area contributed by atoms with E-state index >= 15 is 0 Å². The second-order valence-electron chi connectivity index (χ2n) is 3.45. The average molecular weight is 269 g/mol. The van der Waals surface area contributed by atoms with Crippen molar-refractivity contribution in [3.05, 3.63) is 46.7 Å². The second-order valence-corrected chi connectivity index (χ2v) is 6.00. The smallest absolute Gasteiger partial charge is 0.240 e. The standard InChI is InChI=1S/C11H11NO3S2/c13-10-1-3-11(4-2-10)17(14,15)12-7-9-5-6-16-8-9/h1-6,8,12-13H,7H2. The topological polar surface area (TPSA) is 66.4 Å². The van der Waals surface area contributed by atoms with E-state index < -0.39 is 10.0 Å². The summed E-state index contributed by atoms with van der Waals surface area (Å²) in [7, 11) is -3.51. The lowest BCUT2D eigenvalue weighted by molar-refractivity contribution is 0.474. The molecule has 0 spiro atoms. The summed E-state index contributed by atoms with van der Waals surface area (Å²) in [6, 6.07) is 7.29. The van der Waals surface area contributed by atoms with E-state index in [2.05, 4.69) is 4.72 Å². The van der Waals surface area contributed by atoms with Crippen LogP contribution in [0.4, 0.5) is 0 Å². The van der Waals surface area contributed by atoms with Crippen LogP contribution in [0.5, 0.6) is 5.75 Å². The predicted molar refractivity (Wildman–Crippen MR) is 66.5 cm³/mol. The summed E-state index contributed by atoms with van der Waals surface area (Å²) in [6.45, 7) is 0.271. The van der Waals surface area contributed by atoms with Gasteiger partial charge in [0.1, 0.15) is 5.75 Å². The van der Waals surface area contributed by atoms with E-state index in [1.54, 1.807) is 0 Å². The Balaban J connectivity index is 2.11. The molecule has 0 unspecified atom stereocenters. The SMILES string of the molecule is O=S(=O)(NCc1ccsc1)c1ccc(O)cc1. The number of nitrogens with one attached hydrogen (secondary N) is 1. The van der Waals surface area contributed by atoms with Crippen molar-refractivity contribution in [2.24, 2.45) is 0 Å². The maximum Gasteiger partial charge on any atom is 0.240 e. The molecule has 0 atom stereocenters. The van der Waals surface area contributed by atoms with Gasteiger partial charge in [0.15, 0.2) is 0 Å². The minimum absolute atomic E-state index is 0.0433. The number of phenols is 1. The summed E-state index contributed by atoms with van der Waals surface area (Å²) in [5.41, 5.74) is 0.928. The van der Waals surface area contributed by atoms with Crippen molar-refractivity contribution in [3.8, 4) is 5.75 Å². The summed E-state index contributed by atoms with van der Waals surface area (Å²) in [6.07, 6.45) is 0. The van der Waals surface area contributed by atoms with E-state index in [1.165, 1.54) is 35.6 Å². The molecule has 1 heterocycles. The molecule has 0 bridgehead atoms. The molecule has 0 saturated carbocycles. The molecule has 90 valence electrons. The Labute approximate surface area is 104 Å². The number of sulfonamides is 1. The van der Waals surface area contributed by atoms with Crippen LogP contribution in [0.1, 0.15) is 5.56 Å². The molecule has 2 N–H and O–H groups in total. The fourth-order valence-corrected chi connectivity index (χ4v) is 2.97. The summed E-state index contributed by atoms with van der Waals surface area (Å²) in [4.78, 5) is 0.144. The lowest BCUT2D eigenvalue weighted by Crippen LogP contribution is -2.22. The molecule has 2 rings (SSSR count). The van der Waals surface area contributed by atoms with E-state index in [4.69, 9.17) is 5.11 Å². The largest absolute Gasteiger partial charge is 0.508 e. The number of hydrogen-bond donors (Lipinski definition) is 2. The van der Waals surface area contributed by atoms with Gasteiger partial charge < -0.3 is 5.11 Å². The first-order valence-corrected chi connectivity index (χ1v) is 7.30. The normalized spacial score (nSPS) is 11.5. The molecule has 0 aliphatic carbocycles. The van der Waals surface area contributed by atoms with Gasteiger partial charge in [-0.05, 0) is 46.7 Å². The van der Waals surface area contributed by atoms with E-state index in [-0.39, 0.29) is 17.2 Å². The third-order valence-electron chi connectivity index (χ3n) is 2.19. The molecule has 17 heavy (non-hydrogen) atoms. The maximum absolute atomic E-state index is 11.8. The molecule has 6 heteroatoms. The summed E-state index contributed by atoms with van der Waals surface area (Å²) >= 11 is 1.52. The average Bonchev–Trinajstić information content (AvgIpc) is 2.80. The molecule has 0 fully saturated rings. The van der Waals surface area contributed by atoms with Crippen molar-refractivity contribution < 1.29 is 13.5 Å². The summed E-state index contributed by atoms with van der Waals surface area (Å²) < 4.78 is 26.2. The first-order valence-electron chi connectivity index (χ1n) is 4.88. The van der Waals surface area contributed by atoms with Crippen molar-refractivity contribution in [3.63, 3.8) is 0 Å². The van der Waals surface area contributed by atoms with Gasteiger partial charge in [-0.3, -0.25) is 0 Å². The third-order valence-corrected chi connectivity index (χ3v) is 4.34. The van der Waals surface area contributed by atoms with Gasteiger partial charge in [-0.2, -0.15) is 11.3 Å². The van der Waals surface area contributed by atoms with Crippen molar-refractivity contribution in [2.45, 2.75) is 11.4 Å². The quantitative estimate of drug-likeness (QED) is 0.891. The van der Waals surface area contributed by atoms with Gasteiger partial charge in [0, 0.05) is 6.54 Å². The Morgan fingerprint density at radius 1 is 1.18 bits per heavy atom. The Bertz CT molecular complexity index is 574. The summed E-state index contributed by atoms with van der Waals surface area (Å²) in [5.74, 6) is 0.0433. The minimum atomic E-state index is -3.51. The van der Waals surface area contributed by atoms with Gasteiger partial charge in [-0.1, -0.05) is 0 Å². The van der Waals surface area contributed by atoms with Crippen LogP contribution >= 0.6 is 11.3 Å². The lowest BCUT2D eigenvalue weighted by Gasteiger charge is -2.05. The van der Waals surface area contributed by atoms with E-state index in [9.17, 15) is 8.42 Å². The molecule has 1 aromatic heterocycles. The fourth-order valence-electron chi connectivity index (χ4n) is 1.28. The van der Waals surface area contributed by atoms with Crippen molar-refractivity contribution in [2.75, 3.05) is 0 Å². The van der Waals surface area contributed by atoms with E-state index in [0.29, 0.717) is 0 Å². The zero-order chi connectivity index (χ0) is 12.3. The van der Waals surface area contributed by atoms with Crippen molar-refractivity contribution >= 4 is 21.4 Å². The number of aromatic hydroxyl groups is 1. The zero-order valence-corrected chi connectivity index (χ0v) is 10.5. The van der Waals surface area contributed by atoms with Crippen LogP contribution in [-0.4, -0.2) is 13.5 Å². The first-order chi connectivity index (χ1) is 8.08. The number of thiophene rings is 1. The van der Waals surface area contributed by atoms with Crippen LogP contribution in [0.3, 0.4) is 0 Å². The molecule has 0 radical (unpaired) electrons. The van der Waals surface area contributed by atoms with Gasteiger partial charge in [0.05, 0.1) is 4.90 Å². The Morgan fingerprint density at radius 2 is 1.88 bits per heavy atom. The summed E-state index contributed by atoms with van der Waals surface area (Å²) in [5, 5.41) is 12.9. The van der Waals surface area contributed by atoms with Gasteiger partial charge in [-0.15, -0.1) is 0 Å². The number of rotatable bonds is 4. The number of hydrogen-bond acceptors (Lipinski definition) is 4. The number of benzene rings is 1. The van der Waals surface area contributed by atoms with E-state index in [0.717, 1.165) is 5.56 Å². The first kappa shape index (κ1) is 12.1. The Hall–Kier alpha value is -1.37. The van der Waals surface area contributed by atoms with Crippen LogP contribution in [0.15, 0.2) is 46.0 Å². The molecular weight excluding hydrogens is 258 g/mol. The zero-order valence-electron chi connectivity index (χ0n) is 8.83. The molecule has 0 aliphatic heterocycles. The highest BCUT2D eigenvalue weighted by atomic mass is 32.2. The second kappa shape index (κ2) is 4.87. The maximum atomic E-state index is 11.8. The van der Waals surface area contributed by atoms with Crippen LogP contribution in [0.2, 0.25) is 0 Å². The van der Waals surface area contributed by atoms with E-state index in [1.807, 2.05) is 16.8 Å². The van der Waals surface area contributed by atoms with Gasteiger partial charge in [-0.25, -0.2) is 13.1 Å². The van der Waals surface area contributed by atoms with Crippen LogP contribution in [0.25, 0.3) is 0 Å². The Morgan fingerprint density at radius 3 is 2.47 bits per heavy atom. The van der Waals surface area contributed by atoms with Gasteiger partial charge in [0.2, 0.25) is 10.0 Å². The van der Waals surface area contributed by atoms with Crippen molar-refractivity contribution in [1.82, 2.24) is 4.72 Å². The predicted octanol–water partition coefficient (Wildman–Crippen LogP) is 1.93. The van der Waals surface area contributed by atoms with Gasteiger partial charge in [0.25, 0.3) is 0 Å². The molecule has 0 amide bonds. The molecule has 0 saturated heterocycles. The van der Waals surface area contributed by atoms with Crippen LogP contribution in [-0.2, 0) is 16.6 Å². The fraction of sp³-hybridized carbons (Fsp3) is 0.0909. The molecule has 4 nitrogen and oxygen atoms in total. The van der Waals surface area contributed by atoms with Crippen molar-refractivity contribution in [1.29, 1.82) is 0 Å². The monoisotopic (exact) mass is 269 g/mol. The highest BCUT2D eigenvalue weighted by Crippen LogP contribution is 2.15. The highest BCUT2D eigenvalue weighted by Gasteiger charge is 2.13. The third kappa shape index (κ3) is 3.06. The van der Waals surface area contributed by atoms with Crippen LogP contribution in [0, 0.1) is 0 Å². The minimum Gasteiger partial charge on any atom is -0.508 e. The van der Waals surface area contributed by atoms with Gasteiger partial charge >= 0.3 is 0 Å². The lowest BCUT2D eigenvalue weighted by atomic mass is 10.3. The van der Waals surface area contributed by atoms with Crippen LogP contribution < -0.4 is 4.72 Å². The molecule has 2 aromatic rings. The molecule has 0 aliphatic rings. The highest BCUT2D eigenvalue weighted by molar-refractivity contribution is 7.89. The number of phenolic OH excluding ortho intramolecular Hbond substituents is 1.